The molecule has 14 nitrogen and oxygen atoms in total. The summed E-state index contributed by atoms with van der Waals surface area (Å²) in [6, 6.07) is 0. The molecule has 1 aliphatic rings. The number of rotatable bonds is 8. The number of Topliss-reactive ketones (excluding diaryl/α,β-unsaturated/α-hetero) is 1. The second kappa shape index (κ2) is 12.4. The first kappa shape index (κ1) is 29.0. The van der Waals surface area contributed by atoms with Crippen molar-refractivity contribution < 1.29 is 47.9 Å². The van der Waals surface area contributed by atoms with E-state index < -0.39 is 41.6 Å². The van der Waals surface area contributed by atoms with Gasteiger partial charge < -0.3 is 29.4 Å². The van der Waals surface area contributed by atoms with E-state index in [0.717, 1.165) is 0 Å². The number of hydrogen-bond acceptors (Lipinski definition) is 8. The van der Waals surface area contributed by atoms with Gasteiger partial charge in [0.25, 0.3) is 0 Å². The molecule has 31 heavy (non-hydrogen) atoms. The molecule has 0 unspecified atom stereocenters. The van der Waals surface area contributed by atoms with Gasteiger partial charge in [-0.1, -0.05) is 0 Å². The lowest BCUT2D eigenvalue weighted by molar-refractivity contribution is -0.118. The number of nitrogens with zero attached hydrogens (tertiary/aromatic N) is 4. The standard InChI is InChI=1S/C14H33N4O10P3/c1-14(19)10-15-2-4-16(11-29(20,21)22)6-8-18(13-31(26,27)28)9-7-17(5-3-15)12-30(23,24)25/h2-13H2,1H3,(H2,20,21,22)(H2,23,24,25)(H2,26,27,28). The molecule has 0 saturated carbocycles. The average Bonchev–Trinajstić information content (AvgIpc) is 2.53. The topological polar surface area (TPSA) is 203 Å². The minimum Gasteiger partial charge on any atom is -0.324 e. The molecular formula is C14H33N4O10P3. The van der Waals surface area contributed by atoms with E-state index in [1.54, 1.807) is 4.90 Å². The first-order valence-electron chi connectivity index (χ1n) is 9.55. The molecule has 0 aliphatic carbocycles. The van der Waals surface area contributed by atoms with Gasteiger partial charge in [-0.25, -0.2) is 0 Å². The van der Waals surface area contributed by atoms with E-state index in [1.165, 1.54) is 21.6 Å². The molecule has 0 atom stereocenters. The monoisotopic (exact) mass is 510 g/mol. The fraction of sp³-hybridized carbons (Fsp3) is 0.929. The predicted octanol–water partition coefficient (Wildman–Crippen LogP) is -1.80. The summed E-state index contributed by atoms with van der Waals surface area (Å²) in [7, 11) is -13.2. The zero-order valence-corrected chi connectivity index (χ0v) is 20.1. The SMILES string of the molecule is CC(=O)CN1CCN(CP(=O)(O)O)CCN(CP(=O)(O)O)CCN(CP(=O)(O)O)CC1. The molecular weight excluding hydrogens is 477 g/mol. The maximum Gasteiger partial charge on any atom is 0.339 e. The summed E-state index contributed by atoms with van der Waals surface area (Å²) < 4.78 is 34.5. The van der Waals surface area contributed by atoms with Gasteiger partial charge >= 0.3 is 22.8 Å². The number of hydrogen-bond donors (Lipinski definition) is 6. The summed E-state index contributed by atoms with van der Waals surface area (Å²) in [6.45, 7) is 2.82. The maximum absolute atomic E-state index is 11.6. The molecule has 1 heterocycles. The van der Waals surface area contributed by atoms with Crippen LogP contribution in [0.5, 0.6) is 0 Å². The first-order chi connectivity index (χ1) is 14.0. The summed E-state index contributed by atoms with van der Waals surface area (Å²) in [4.78, 5) is 73.8. The molecule has 0 spiro atoms. The molecule has 1 rings (SSSR count). The lowest BCUT2D eigenvalue weighted by Gasteiger charge is -2.34. The van der Waals surface area contributed by atoms with Crippen LogP contribution in [0.3, 0.4) is 0 Å². The van der Waals surface area contributed by atoms with Gasteiger partial charge in [-0.3, -0.25) is 38.1 Å². The van der Waals surface area contributed by atoms with Crippen LogP contribution in [0, 0.1) is 0 Å². The molecule has 0 radical (unpaired) electrons. The third-order valence-corrected chi connectivity index (χ3v) is 6.83. The molecule has 0 aromatic rings. The Bertz CT molecular complexity index is 683. The fourth-order valence-corrected chi connectivity index (χ4v) is 5.67. The van der Waals surface area contributed by atoms with Crippen molar-refractivity contribution >= 4 is 28.6 Å². The van der Waals surface area contributed by atoms with Gasteiger partial charge in [-0.15, -0.1) is 0 Å². The summed E-state index contributed by atoms with van der Waals surface area (Å²) in [6.07, 6.45) is -1.65. The van der Waals surface area contributed by atoms with Crippen LogP contribution < -0.4 is 0 Å². The third-order valence-electron chi connectivity index (χ3n) is 4.53. The third kappa shape index (κ3) is 15.4. The van der Waals surface area contributed by atoms with Crippen LogP contribution in [0.2, 0.25) is 0 Å². The Morgan fingerprint density at radius 3 is 1.00 bits per heavy atom. The van der Waals surface area contributed by atoms with Crippen LogP contribution in [-0.2, 0) is 18.5 Å². The van der Waals surface area contributed by atoms with Crippen molar-refractivity contribution in [2.75, 3.05) is 77.8 Å². The van der Waals surface area contributed by atoms with Crippen molar-refractivity contribution in [3.8, 4) is 0 Å². The molecule has 1 saturated heterocycles. The van der Waals surface area contributed by atoms with E-state index in [-0.39, 0.29) is 64.7 Å². The van der Waals surface area contributed by atoms with Crippen LogP contribution in [0.1, 0.15) is 6.92 Å². The summed E-state index contributed by atoms with van der Waals surface area (Å²) in [5, 5.41) is 0. The molecule has 17 heteroatoms. The molecule has 0 amide bonds. The highest BCUT2D eigenvalue weighted by Crippen LogP contribution is 2.37. The van der Waals surface area contributed by atoms with Gasteiger partial charge in [0.2, 0.25) is 0 Å². The quantitative estimate of drug-likeness (QED) is 0.200. The Morgan fingerprint density at radius 2 is 0.806 bits per heavy atom. The molecule has 184 valence electrons. The minimum atomic E-state index is -4.42. The van der Waals surface area contributed by atoms with Crippen molar-refractivity contribution in [1.29, 1.82) is 0 Å². The van der Waals surface area contributed by atoms with Crippen LogP contribution in [0.15, 0.2) is 0 Å². The van der Waals surface area contributed by atoms with Gasteiger partial charge in [0.1, 0.15) is 24.6 Å². The summed E-state index contributed by atoms with van der Waals surface area (Å²) in [5.41, 5.74) is 0. The largest absolute Gasteiger partial charge is 0.339 e. The smallest absolute Gasteiger partial charge is 0.324 e. The minimum absolute atomic E-state index is 0.0812. The van der Waals surface area contributed by atoms with Gasteiger partial charge in [-0.2, -0.15) is 0 Å². The predicted molar refractivity (Wildman–Crippen MR) is 113 cm³/mol. The highest BCUT2D eigenvalue weighted by molar-refractivity contribution is 7.52. The molecule has 0 aromatic heterocycles. The maximum atomic E-state index is 11.6. The van der Waals surface area contributed by atoms with Crippen molar-refractivity contribution in [1.82, 2.24) is 19.6 Å². The van der Waals surface area contributed by atoms with E-state index in [4.69, 9.17) is 0 Å². The van der Waals surface area contributed by atoms with E-state index in [2.05, 4.69) is 0 Å². The van der Waals surface area contributed by atoms with Crippen LogP contribution in [0.4, 0.5) is 0 Å². The normalized spacial score (nSPS) is 20.9. The number of ketones is 1. The van der Waals surface area contributed by atoms with Crippen molar-refractivity contribution in [2.45, 2.75) is 6.92 Å². The summed E-state index contributed by atoms with van der Waals surface area (Å²) >= 11 is 0. The zero-order chi connectivity index (χ0) is 23.9. The van der Waals surface area contributed by atoms with Gasteiger partial charge in [-0.05, 0) is 6.92 Å². The van der Waals surface area contributed by atoms with Gasteiger partial charge in [0.15, 0.2) is 0 Å². The molecule has 0 bridgehead atoms. The Balaban J connectivity index is 3.05. The zero-order valence-electron chi connectivity index (χ0n) is 17.4. The van der Waals surface area contributed by atoms with Crippen molar-refractivity contribution in [2.24, 2.45) is 0 Å². The van der Waals surface area contributed by atoms with Crippen LogP contribution >= 0.6 is 22.8 Å². The number of carbonyl (C=O) groups excluding carboxylic acids is 1. The Kier molecular flexibility index (Phi) is 11.6. The number of carbonyl (C=O) groups is 1. The van der Waals surface area contributed by atoms with Crippen LogP contribution in [-0.4, -0.2) is 133 Å². The molecule has 6 N–H and O–H groups in total. The van der Waals surface area contributed by atoms with Gasteiger partial charge in [0.05, 0.1) is 6.54 Å². The van der Waals surface area contributed by atoms with E-state index >= 15 is 0 Å². The van der Waals surface area contributed by atoms with E-state index in [0.29, 0.717) is 0 Å². The highest BCUT2D eigenvalue weighted by atomic mass is 31.2. The fourth-order valence-electron chi connectivity index (χ4n) is 3.26. The highest BCUT2D eigenvalue weighted by Gasteiger charge is 2.26. The molecule has 1 aliphatic heterocycles. The Morgan fingerprint density at radius 1 is 0.581 bits per heavy atom. The average molecular weight is 510 g/mol. The molecule has 1 fully saturated rings. The van der Waals surface area contributed by atoms with E-state index in [9.17, 15) is 47.9 Å². The molecule has 0 aromatic carbocycles. The summed E-state index contributed by atoms with van der Waals surface area (Å²) in [5.74, 6) is -0.122. The lowest BCUT2D eigenvalue weighted by Crippen LogP contribution is -2.47. The van der Waals surface area contributed by atoms with Crippen molar-refractivity contribution in [3.05, 3.63) is 0 Å². The Labute approximate surface area is 181 Å². The van der Waals surface area contributed by atoms with Crippen LogP contribution in [0.25, 0.3) is 0 Å². The second-order valence-electron chi connectivity index (χ2n) is 7.75. The second-order valence-corrected chi connectivity index (χ2v) is 12.6. The van der Waals surface area contributed by atoms with E-state index in [1.807, 2.05) is 0 Å². The Hall–Kier alpha value is -0.0400. The first-order valence-corrected chi connectivity index (χ1v) is 14.9. The lowest BCUT2D eigenvalue weighted by atomic mass is 10.3. The van der Waals surface area contributed by atoms with Crippen molar-refractivity contribution in [3.63, 3.8) is 0 Å². The van der Waals surface area contributed by atoms with Gasteiger partial charge in [0, 0.05) is 52.4 Å².